The van der Waals surface area contributed by atoms with E-state index in [4.69, 9.17) is 8.83 Å². The van der Waals surface area contributed by atoms with E-state index in [1.165, 1.54) is 32.7 Å². The molecule has 4 rings (SSSR count). The van der Waals surface area contributed by atoms with Crippen LogP contribution in [-0.2, 0) is 0 Å². The van der Waals surface area contributed by atoms with E-state index in [0.29, 0.717) is 0 Å². The minimum absolute atomic E-state index is 0.954. The summed E-state index contributed by atoms with van der Waals surface area (Å²) in [5.41, 5.74) is 4.45. The van der Waals surface area contributed by atoms with Gasteiger partial charge in [0, 0.05) is 10.8 Å². The lowest BCUT2D eigenvalue weighted by Crippen LogP contribution is -1.84. The van der Waals surface area contributed by atoms with E-state index >= 15 is 0 Å². The summed E-state index contributed by atoms with van der Waals surface area (Å²) in [7, 11) is 0. The molecule has 2 aromatic heterocycles. The molecular weight excluding hydrogens is 248 g/mol. The van der Waals surface area contributed by atoms with Crippen molar-refractivity contribution in [3.63, 3.8) is 0 Å². The first-order chi connectivity index (χ1) is 9.54. The van der Waals surface area contributed by atoms with Gasteiger partial charge in [0.15, 0.2) is 0 Å². The van der Waals surface area contributed by atoms with Crippen molar-refractivity contribution in [2.24, 2.45) is 0 Å². The maximum absolute atomic E-state index is 5.81. The van der Waals surface area contributed by atoms with E-state index in [1.54, 1.807) is 0 Å². The Kier molecular flexibility index (Phi) is 2.12. The Morgan fingerprint density at radius 3 is 1.35 bits per heavy atom. The van der Waals surface area contributed by atoms with Gasteiger partial charge in [-0.05, 0) is 73.9 Å². The highest BCUT2D eigenvalue weighted by atomic mass is 16.3. The Labute approximate surface area is 117 Å². The molecule has 4 aromatic rings. The smallest absolute Gasteiger partial charge is 0.135 e. The molecule has 2 heteroatoms. The quantitative estimate of drug-likeness (QED) is 0.415. The highest BCUT2D eigenvalue weighted by molar-refractivity contribution is 6.07. The van der Waals surface area contributed by atoms with Crippen LogP contribution in [-0.4, -0.2) is 0 Å². The van der Waals surface area contributed by atoms with Crippen LogP contribution >= 0.6 is 0 Å². The molecule has 2 nitrogen and oxygen atoms in total. The van der Waals surface area contributed by atoms with Gasteiger partial charge in [0.2, 0.25) is 0 Å². The van der Waals surface area contributed by atoms with Crippen molar-refractivity contribution in [3.8, 4) is 0 Å². The summed E-state index contributed by atoms with van der Waals surface area (Å²) in [6, 6.07) is 8.53. The highest BCUT2D eigenvalue weighted by Crippen LogP contribution is 2.36. The number of benzene rings is 2. The summed E-state index contributed by atoms with van der Waals surface area (Å²) in [4.78, 5) is 0. The fourth-order valence-corrected chi connectivity index (χ4v) is 3.19. The molecule has 100 valence electrons. The van der Waals surface area contributed by atoms with Gasteiger partial charge < -0.3 is 8.83 Å². The van der Waals surface area contributed by atoms with Crippen LogP contribution in [0.2, 0.25) is 0 Å². The van der Waals surface area contributed by atoms with Crippen molar-refractivity contribution in [1.29, 1.82) is 0 Å². The fourth-order valence-electron chi connectivity index (χ4n) is 3.19. The van der Waals surface area contributed by atoms with Crippen molar-refractivity contribution in [2.45, 2.75) is 27.7 Å². The third-order valence-electron chi connectivity index (χ3n) is 4.23. The molecule has 0 amide bonds. The number of hydrogen-bond donors (Lipinski definition) is 0. The third kappa shape index (κ3) is 1.39. The van der Waals surface area contributed by atoms with E-state index in [0.717, 1.165) is 22.7 Å². The lowest BCUT2D eigenvalue weighted by Gasteiger charge is -2.07. The number of fused-ring (bicyclic) bond motifs is 3. The molecule has 0 aliphatic carbocycles. The topological polar surface area (TPSA) is 26.3 Å². The van der Waals surface area contributed by atoms with Gasteiger partial charge in [0.05, 0.1) is 0 Å². The number of furan rings is 2. The SMILES string of the molecule is Cc1cc2c(C)c3cc4oc(C)cc4c(C)c3cc2o1. The minimum Gasteiger partial charge on any atom is -0.461 e. The molecule has 0 fully saturated rings. The monoisotopic (exact) mass is 264 g/mol. The van der Waals surface area contributed by atoms with Crippen LogP contribution in [0.15, 0.2) is 33.1 Å². The van der Waals surface area contributed by atoms with Gasteiger partial charge >= 0.3 is 0 Å². The third-order valence-corrected chi connectivity index (χ3v) is 4.23. The Morgan fingerprint density at radius 1 is 0.550 bits per heavy atom. The van der Waals surface area contributed by atoms with E-state index < -0.39 is 0 Å². The second-order valence-electron chi connectivity index (χ2n) is 5.64. The first-order valence-electron chi connectivity index (χ1n) is 6.88. The van der Waals surface area contributed by atoms with Gasteiger partial charge in [-0.1, -0.05) is 0 Å². The summed E-state index contributed by atoms with van der Waals surface area (Å²) < 4.78 is 11.6. The van der Waals surface area contributed by atoms with Crippen molar-refractivity contribution in [1.82, 2.24) is 0 Å². The summed E-state index contributed by atoms with van der Waals surface area (Å²) in [5.74, 6) is 1.91. The summed E-state index contributed by atoms with van der Waals surface area (Å²) >= 11 is 0. The Balaban J connectivity index is 2.29. The standard InChI is InChI=1S/C18H16O2/c1-9-5-15-11(3)14-8-18-16(6-10(2)20-18)12(4)13(14)7-17(15)19-9/h5-8H,1-4H3. The van der Waals surface area contributed by atoms with Gasteiger partial charge in [-0.25, -0.2) is 0 Å². The fraction of sp³-hybridized carbons (Fsp3) is 0.222. The zero-order valence-electron chi connectivity index (χ0n) is 12.1. The van der Waals surface area contributed by atoms with Gasteiger partial charge in [0.25, 0.3) is 0 Å². The largest absolute Gasteiger partial charge is 0.461 e. The molecule has 0 aliphatic heterocycles. The van der Waals surface area contributed by atoms with Crippen LogP contribution in [0.1, 0.15) is 22.6 Å². The highest BCUT2D eigenvalue weighted by Gasteiger charge is 2.13. The number of hydrogen-bond acceptors (Lipinski definition) is 2. The number of rotatable bonds is 0. The molecule has 20 heavy (non-hydrogen) atoms. The van der Waals surface area contributed by atoms with Crippen molar-refractivity contribution in [2.75, 3.05) is 0 Å². The van der Waals surface area contributed by atoms with Crippen LogP contribution in [0.3, 0.4) is 0 Å². The van der Waals surface area contributed by atoms with Gasteiger partial charge in [0.1, 0.15) is 22.7 Å². The number of aryl methyl sites for hydroxylation is 4. The molecular formula is C18H16O2. The van der Waals surface area contributed by atoms with Crippen LogP contribution in [0.5, 0.6) is 0 Å². The first kappa shape index (κ1) is 11.6. The minimum atomic E-state index is 0.954. The molecule has 0 unspecified atom stereocenters. The normalized spacial score (nSPS) is 12.0. The predicted octanol–water partition coefficient (Wildman–Crippen LogP) is 5.57. The maximum Gasteiger partial charge on any atom is 0.135 e. The van der Waals surface area contributed by atoms with Gasteiger partial charge in [-0.15, -0.1) is 0 Å². The lowest BCUT2D eigenvalue weighted by atomic mass is 9.96. The second kappa shape index (κ2) is 3.66. The molecule has 0 saturated carbocycles. The van der Waals surface area contributed by atoms with E-state index in [1.807, 2.05) is 13.8 Å². The molecule has 0 N–H and O–H groups in total. The van der Waals surface area contributed by atoms with Crippen molar-refractivity contribution >= 4 is 32.7 Å². The second-order valence-corrected chi connectivity index (χ2v) is 5.64. The summed E-state index contributed by atoms with van der Waals surface area (Å²) in [5, 5.41) is 4.88. The van der Waals surface area contributed by atoms with Crippen LogP contribution in [0.4, 0.5) is 0 Å². The molecule has 2 aromatic carbocycles. The Hall–Kier alpha value is -2.22. The average molecular weight is 264 g/mol. The lowest BCUT2D eigenvalue weighted by molar-refractivity contribution is 0.578. The van der Waals surface area contributed by atoms with Crippen LogP contribution in [0, 0.1) is 27.7 Å². The van der Waals surface area contributed by atoms with Crippen LogP contribution < -0.4 is 0 Å². The van der Waals surface area contributed by atoms with Crippen molar-refractivity contribution < 1.29 is 8.83 Å². The van der Waals surface area contributed by atoms with E-state index in [-0.39, 0.29) is 0 Å². The van der Waals surface area contributed by atoms with Crippen LogP contribution in [0.25, 0.3) is 32.7 Å². The summed E-state index contributed by atoms with van der Waals surface area (Å²) in [6.07, 6.45) is 0. The zero-order chi connectivity index (χ0) is 14.0. The summed E-state index contributed by atoms with van der Waals surface area (Å²) in [6.45, 7) is 8.29. The van der Waals surface area contributed by atoms with E-state index in [2.05, 4.69) is 38.1 Å². The predicted molar refractivity (Wildman–Crippen MR) is 82.4 cm³/mol. The molecule has 0 atom stereocenters. The average Bonchev–Trinajstić information content (AvgIpc) is 2.94. The first-order valence-corrected chi connectivity index (χ1v) is 6.88. The molecule has 0 aliphatic rings. The molecule has 0 radical (unpaired) electrons. The van der Waals surface area contributed by atoms with Gasteiger partial charge in [-0.2, -0.15) is 0 Å². The zero-order valence-corrected chi connectivity index (χ0v) is 12.1. The van der Waals surface area contributed by atoms with Crippen molar-refractivity contribution in [3.05, 3.63) is 46.9 Å². The maximum atomic E-state index is 5.81. The Bertz CT molecular complexity index is 902. The van der Waals surface area contributed by atoms with E-state index in [9.17, 15) is 0 Å². The Morgan fingerprint density at radius 2 is 0.950 bits per heavy atom. The van der Waals surface area contributed by atoms with Gasteiger partial charge in [-0.3, -0.25) is 0 Å². The molecule has 0 saturated heterocycles. The molecule has 0 bridgehead atoms. The molecule has 2 heterocycles. The molecule has 0 spiro atoms.